The van der Waals surface area contributed by atoms with E-state index in [2.05, 4.69) is 15.2 Å². The number of carbonyl (C=O) groups is 2. The Balaban J connectivity index is 1.65. The van der Waals surface area contributed by atoms with Gasteiger partial charge in [0.15, 0.2) is 6.10 Å². The molecule has 25 heavy (non-hydrogen) atoms. The Labute approximate surface area is 143 Å². The highest BCUT2D eigenvalue weighted by Crippen LogP contribution is 2.27. The van der Waals surface area contributed by atoms with Crippen LogP contribution in [0, 0.1) is 5.82 Å². The summed E-state index contributed by atoms with van der Waals surface area (Å²) in [4.78, 5) is 28.9. The van der Waals surface area contributed by atoms with Crippen molar-refractivity contribution in [3.63, 3.8) is 0 Å². The molecular weight excluding hydrogens is 327 g/mol. The zero-order valence-electron chi connectivity index (χ0n) is 13.4. The quantitative estimate of drug-likeness (QED) is 0.866. The van der Waals surface area contributed by atoms with Crippen molar-refractivity contribution < 1.29 is 23.6 Å². The summed E-state index contributed by atoms with van der Waals surface area (Å²) >= 11 is 0. The third-order valence-corrected chi connectivity index (χ3v) is 3.73. The lowest BCUT2D eigenvalue weighted by molar-refractivity contribution is -0.110. The van der Waals surface area contributed by atoms with Crippen LogP contribution < -0.4 is 5.32 Å². The first-order valence-electron chi connectivity index (χ1n) is 7.55. The number of carbonyl (C=O) groups excluding carboxylic acids is 2. The summed E-state index contributed by atoms with van der Waals surface area (Å²) < 4.78 is 18.4. The van der Waals surface area contributed by atoms with Crippen LogP contribution >= 0.6 is 0 Å². The van der Waals surface area contributed by atoms with E-state index < -0.39 is 17.7 Å². The number of rotatable bonds is 4. The second kappa shape index (κ2) is 7.12. The predicted octanol–water partition coefficient (Wildman–Crippen LogP) is 3.07. The third kappa shape index (κ3) is 3.65. The molecule has 1 N–H and O–H groups in total. The lowest BCUT2D eigenvalue weighted by atomic mass is 10.0. The molecule has 1 heterocycles. The molecule has 0 saturated carbocycles. The zero-order chi connectivity index (χ0) is 17.8. The lowest BCUT2D eigenvalue weighted by Gasteiger charge is -2.08. The number of ether oxygens (including phenoxy) is 1. The minimum Gasteiger partial charge on any atom is -0.465 e. The highest BCUT2D eigenvalue weighted by molar-refractivity contribution is 6.43. The minimum absolute atomic E-state index is 0.203. The van der Waals surface area contributed by atoms with Crippen LogP contribution in [-0.2, 0) is 14.4 Å². The fourth-order valence-electron chi connectivity index (χ4n) is 2.43. The Bertz CT molecular complexity index is 836. The average Bonchev–Trinajstić information content (AvgIpc) is 3.12. The lowest BCUT2D eigenvalue weighted by Crippen LogP contribution is -2.22. The van der Waals surface area contributed by atoms with Crippen molar-refractivity contribution in [2.45, 2.75) is 12.5 Å². The summed E-state index contributed by atoms with van der Waals surface area (Å²) in [5.74, 6) is -2.05. The SMILES string of the molecule is COC(=O)c1ccc(NC(=O)C2=NOC(c3ccccc3)C2)cc1F. The van der Waals surface area contributed by atoms with Gasteiger partial charge in [0.1, 0.15) is 11.5 Å². The first kappa shape index (κ1) is 16.6. The normalized spacial score (nSPS) is 15.9. The van der Waals surface area contributed by atoms with Gasteiger partial charge in [-0.25, -0.2) is 9.18 Å². The molecule has 0 saturated heterocycles. The van der Waals surface area contributed by atoms with Gasteiger partial charge in [0.25, 0.3) is 5.91 Å². The van der Waals surface area contributed by atoms with E-state index in [0.29, 0.717) is 6.42 Å². The smallest absolute Gasteiger partial charge is 0.340 e. The maximum absolute atomic E-state index is 13.9. The maximum atomic E-state index is 13.9. The molecule has 128 valence electrons. The molecule has 0 aromatic heterocycles. The van der Waals surface area contributed by atoms with E-state index in [1.807, 2.05) is 30.3 Å². The molecule has 7 heteroatoms. The van der Waals surface area contributed by atoms with Crippen molar-refractivity contribution in [1.29, 1.82) is 0 Å². The first-order valence-corrected chi connectivity index (χ1v) is 7.55. The van der Waals surface area contributed by atoms with Crippen molar-refractivity contribution >= 4 is 23.3 Å². The Kier molecular flexibility index (Phi) is 4.74. The summed E-state index contributed by atoms with van der Waals surface area (Å²) in [6.07, 6.45) is -0.00106. The number of amides is 1. The van der Waals surface area contributed by atoms with Crippen molar-refractivity contribution in [3.05, 3.63) is 65.5 Å². The Morgan fingerprint density at radius 3 is 2.68 bits per heavy atom. The van der Waals surface area contributed by atoms with Crippen molar-refractivity contribution in [1.82, 2.24) is 0 Å². The second-order valence-electron chi connectivity index (χ2n) is 5.39. The predicted molar refractivity (Wildman–Crippen MR) is 88.7 cm³/mol. The number of hydrogen-bond donors (Lipinski definition) is 1. The molecule has 2 aromatic rings. The van der Waals surface area contributed by atoms with E-state index in [9.17, 15) is 14.0 Å². The fraction of sp³-hybridized carbons (Fsp3) is 0.167. The van der Waals surface area contributed by atoms with Crippen LogP contribution in [0.3, 0.4) is 0 Å². The van der Waals surface area contributed by atoms with Gasteiger partial charge in [-0.15, -0.1) is 0 Å². The van der Waals surface area contributed by atoms with E-state index in [1.165, 1.54) is 19.2 Å². The van der Waals surface area contributed by atoms with Gasteiger partial charge in [-0.2, -0.15) is 0 Å². The third-order valence-electron chi connectivity index (χ3n) is 3.73. The number of nitrogens with zero attached hydrogens (tertiary/aromatic N) is 1. The van der Waals surface area contributed by atoms with E-state index in [1.54, 1.807) is 0 Å². The molecule has 6 nitrogen and oxygen atoms in total. The largest absolute Gasteiger partial charge is 0.465 e. The standard InChI is InChI=1S/C18H15FN2O4/c1-24-18(23)13-8-7-12(9-14(13)19)20-17(22)15-10-16(25-21-15)11-5-3-2-4-6-11/h2-9,16H,10H2,1H3,(H,20,22). The van der Waals surface area contributed by atoms with Crippen molar-refractivity contribution in [3.8, 4) is 0 Å². The van der Waals surface area contributed by atoms with Crippen LogP contribution in [0.4, 0.5) is 10.1 Å². The monoisotopic (exact) mass is 342 g/mol. The van der Waals surface area contributed by atoms with E-state index >= 15 is 0 Å². The Morgan fingerprint density at radius 1 is 1.24 bits per heavy atom. The summed E-state index contributed by atoms with van der Waals surface area (Å²) in [5.41, 5.74) is 1.14. The average molecular weight is 342 g/mol. The first-order chi connectivity index (χ1) is 12.1. The van der Waals surface area contributed by atoms with Gasteiger partial charge in [0, 0.05) is 12.1 Å². The Morgan fingerprint density at radius 2 is 2.00 bits per heavy atom. The van der Waals surface area contributed by atoms with E-state index in [0.717, 1.165) is 11.6 Å². The highest BCUT2D eigenvalue weighted by Gasteiger charge is 2.27. The molecule has 0 spiro atoms. The molecule has 0 fully saturated rings. The molecule has 1 amide bonds. The van der Waals surface area contributed by atoms with Gasteiger partial charge in [0.2, 0.25) is 0 Å². The minimum atomic E-state index is -0.783. The number of halogens is 1. The molecule has 2 aromatic carbocycles. The van der Waals surface area contributed by atoms with Gasteiger partial charge in [-0.1, -0.05) is 35.5 Å². The number of benzene rings is 2. The number of oxime groups is 1. The number of hydrogen-bond acceptors (Lipinski definition) is 5. The topological polar surface area (TPSA) is 77.0 Å². The van der Waals surface area contributed by atoms with E-state index in [-0.39, 0.29) is 23.1 Å². The second-order valence-corrected chi connectivity index (χ2v) is 5.39. The molecule has 1 atom stereocenters. The van der Waals surface area contributed by atoms with Crippen LogP contribution in [0.15, 0.2) is 53.7 Å². The van der Waals surface area contributed by atoms with Crippen molar-refractivity contribution in [2.24, 2.45) is 5.16 Å². The van der Waals surface area contributed by atoms with Gasteiger partial charge < -0.3 is 14.9 Å². The van der Waals surface area contributed by atoms with Crippen LogP contribution in [0.5, 0.6) is 0 Å². The van der Waals surface area contributed by atoms with Crippen LogP contribution in [0.1, 0.15) is 28.4 Å². The number of nitrogens with one attached hydrogen (secondary N) is 1. The fourth-order valence-corrected chi connectivity index (χ4v) is 2.43. The summed E-state index contributed by atoms with van der Waals surface area (Å²) in [6, 6.07) is 13.1. The van der Waals surface area contributed by atoms with Crippen LogP contribution in [0.2, 0.25) is 0 Å². The molecule has 0 bridgehead atoms. The molecule has 0 aliphatic carbocycles. The number of methoxy groups -OCH3 is 1. The van der Waals surface area contributed by atoms with Gasteiger partial charge >= 0.3 is 5.97 Å². The molecule has 1 aliphatic heterocycles. The Hall–Kier alpha value is -3.22. The van der Waals surface area contributed by atoms with Gasteiger partial charge in [-0.05, 0) is 23.8 Å². The molecule has 1 unspecified atom stereocenters. The van der Waals surface area contributed by atoms with Crippen molar-refractivity contribution in [2.75, 3.05) is 12.4 Å². The zero-order valence-corrected chi connectivity index (χ0v) is 13.4. The maximum Gasteiger partial charge on any atom is 0.340 e. The van der Waals surface area contributed by atoms with Gasteiger partial charge in [-0.3, -0.25) is 4.79 Å². The molecule has 3 rings (SSSR count). The summed E-state index contributed by atoms with van der Waals surface area (Å²) in [5, 5.41) is 6.35. The van der Waals surface area contributed by atoms with Crippen LogP contribution in [0.25, 0.3) is 0 Å². The molecule has 0 radical (unpaired) electrons. The highest BCUT2D eigenvalue weighted by atomic mass is 19.1. The summed E-state index contributed by atoms with van der Waals surface area (Å²) in [6.45, 7) is 0. The molecule has 1 aliphatic rings. The van der Waals surface area contributed by atoms with Crippen LogP contribution in [-0.4, -0.2) is 24.7 Å². The van der Waals surface area contributed by atoms with E-state index in [4.69, 9.17) is 4.84 Å². The number of esters is 1. The summed E-state index contributed by atoms with van der Waals surface area (Å²) in [7, 11) is 1.17. The number of anilines is 1. The van der Waals surface area contributed by atoms with Gasteiger partial charge in [0.05, 0.1) is 12.7 Å². The molecular formula is C18H15FN2O4.